The standard InChI is InChI=1S/C18H25N3O3/c1-18(11-16(22)19-13-18)17(23)20(2)12-14-5-3-4-6-15(14)21-7-9-24-10-8-21/h3-6H,7-13H2,1-2H3,(H,19,22). The van der Waals surface area contributed by atoms with E-state index in [0.29, 0.717) is 13.1 Å². The van der Waals surface area contributed by atoms with Crippen molar-refractivity contribution in [2.24, 2.45) is 5.41 Å². The number of amides is 2. The topological polar surface area (TPSA) is 61.9 Å². The fraction of sp³-hybridized carbons (Fsp3) is 0.556. The Morgan fingerprint density at radius 1 is 1.33 bits per heavy atom. The van der Waals surface area contributed by atoms with E-state index >= 15 is 0 Å². The highest BCUT2D eigenvalue weighted by molar-refractivity contribution is 5.92. The molecular weight excluding hydrogens is 306 g/mol. The molecule has 2 aliphatic heterocycles. The van der Waals surface area contributed by atoms with Crippen LogP contribution < -0.4 is 10.2 Å². The molecule has 2 amide bonds. The van der Waals surface area contributed by atoms with E-state index in [-0.39, 0.29) is 18.2 Å². The van der Waals surface area contributed by atoms with Crippen LogP contribution in [0.5, 0.6) is 0 Å². The fourth-order valence-electron chi connectivity index (χ4n) is 3.47. The van der Waals surface area contributed by atoms with Crippen LogP contribution in [-0.2, 0) is 20.9 Å². The number of hydrogen-bond acceptors (Lipinski definition) is 4. The summed E-state index contributed by atoms with van der Waals surface area (Å²) in [6.07, 6.45) is 0.265. The lowest BCUT2D eigenvalue weighted by Crippen LogP contribution is -2.42. The smallest absolute Gasteiger partial charge is 0.230 e. The molecule has 2 saturated heterocycles. The highest BCUT2D eigenvalue weighted by Crippen LogP contribution is 2.29. The molecule has 24 heavy (non-hydrogen) atoms. The Hall–Kier alpha value is -2.08. The molecule has 0 aliphatic carbocycles. The van der Waals surface area contributed by atoms with Crippen LogP contribution in [0.4, 0.5) is 5.69 Å². The lowest BCUT2D eigenvalue weighted by atomic mass is 9.88. The number of nitrogens with one attached hydrogen (secondary N) is 1. The van der Waals surface area contributed by atoms with Gasteiger partial charge in [-0.05, 0) is 18.6 Å². The van der Waals surface area contributed by atoms with E-state index < -0.39 is 5.41 Å². The minimum absolute atomic E-state index is 0.0117. The summed E-state index contributed by atoms with van der Waals surface area (Å²) in [7, 11) is 1.81. The van der Waals surface area contributed by atoms with Crippen LogP contribution in [0.1, 0.15) is 18.9 Å². The third kappa shape index (κ3) is 3.38. The van der Waals surface area contributed by atoms with E-state index in [1.165, 1.54) is 0 Å². The monoisotopic (exact) mass is 331 g/mol. The van der Waals surface area contributed by atoms with Gasteiger partial charge >= 0.3 is 0 Å². The molecule has 3 rings (SSSR count). The molecule has 6 heteroatoms. The van der Waals surface area contributed by atoms with E-state index in [1.54, 1.807) is 4.90 Å². The van der Waals surface area contributed by atoms with Crippen molar-refractivity contribution in [1.29, 1.82) is 0 Å². The van der Waals surface area contributed by atoms with Crippen molar-refractivity contribution < 1.29 is 14.3 Å². The lowest BCUT2D eigenvalue weighted by Gasteiger charge is -2.32. The van der Waals surface area contributed by atoms with Crippen LogP contribution in [0.2, 0.25) is 0 Å². The molecule has 0 bridgehead atoms. The molecule has 0 spiro atoms. The summed E-state index contributed by atoms with van der Waals surface area (Å²) >= 11 is 0. The largest absolute Gasteiger partial charge is 0.378 e. The number of anilines is 1. The second-order valence-corrected chi connectivity index (χ2v) is 6.90. The second-order valence-electron chi connectivity index (χ2n) is 6.90. The number of nitrogens with zero attached hydrogens (tertiary/aromatic N) is 2. The first-order valence-electron chi connectivity index (χ1n) is 8.42. The number of carbonyl (C=O) groups excluding carboxylic acids is 2. The van der Waals surface area contributed by atoms with Crippen molar-refractivity contribution in [3.8, 4) is 0 Å². The molecule has 1 unspecified atom stereocenters. The van der Waals surface area contributed by atoms with Gasteiger partial charge in [0, 0.05) is 45.3 Å². The zero-order valence-electron chi connectivity index (χ0n) is 14.4. The summed E-state index contributed by atoms with van der Waals surface area (Å²) < 4.78 is 5.43. The molecule has 1 aromatic rings. The van der Waals surface area contributed by atoms with E-state index in [2.05, 4.69) is 22.3 Å². The normalized spacial score (nSPS) is 23.9. The Morgan fingerprint density at radius 3 is 2.71 bits per heavy atom. The molecule has 2 heterocycles. The van der Waals surface area contributed by atoms with Crippen LogP contribution in [0.15, 0.2) is 24.3 Å². The second kappa shape index (κ2) is 6.81. The zero-order chi connectivity index (χ0) is 17.2. The number of carbonyl (C=O) groups is 2. The van der Waals surface area contributed by atoms with Gasteiger partial charge in [-0.25, -0.2) is 0 Å². The van der Waals surface area contributed by atoms with Gasteiger partial charge in [0.05, 0.1) is 18.6 Å². The maximum Gasteiger partial charge on any atom is 0.230 e. The number of morpholine rings is 1. The van der Waals surface area contributed by atoms with Crippen molar-refractivity contribution in [1.82, 2.24) is 10.2 Å². The molecule has 2 aliphatic rings. The predicted molar refractivity (Wildman–Crippen MR) is 91.7 cm³/mol. The summed E-state index contributed by atoms with van der Waals surface area (Å²) in [6, 6.07) is 8.19. The van der Waals surface area contributed by atoms with E-state index in [0.717, 1.165) is 37.6 Å². The predicted octanol–water partition coefficient (Wildman–Crippen LogP) is 1.01. The van der Waals surface area contributed by atoms with Gasteiger partial charge in [0.1, 0.15) is 0 Å². The molecule has 130 valence electrons. The Kier molecular flexibility index (Phi) is 4.76. The third-order valence-electron chi connectivity index (χ3n) is 4.84. The zero-order valence-corrected chi connectivity index (χ0v) is 14.4. The molecule has 6 nitrogen and oxygen atoms in total. The first-order chi connectivity index (χ1) is 11.5. The van der Waals surface area contributed by atoms with Gasteiger partial charge in [-0.15, -0.1) is 0 Å². The summed E-state index contributed by atoms with van der Waals surface area (Å²) in [5, 5.41) is 2.76. The van der Waals surface area contributed by atoms with Gasteiger partial charge in [-0.1, -0.05) is 18.2 Å². The van der Waals surface area contributed by atoms with Gasteiger partial charge in [-0.2, -0.15) is 0 Å². The fourth-order valence-corrected chi connectivity index (χ4v) is 3.47. The Balaban J connectivity index is 1.73. The van der Waals surface area contributed by atoms with Crippen molar-refractivity contribution in [2.45, 2.75) is 19.9 Å². The molecule has 0 saturated carbocycles. The summed E-state index contributed by atoms with van der Waals surface area (Å²) in [4.78, 5) is 28.3. The van der Waals surface area contributed by atoms with Crippen molar-refractivity contribution >= 4 is 17.5 Å². The van der Waals surface area contributed by atoms with Crippen LogP contribution in [-0.4, -0.2) is 56.6 Å². The quantitative estimate of drug-likeness (QED) is 0.894. The molecule has 1 aromatic carbocycles. The van der Waals surface area contributed by atoms with Gasteiger partial charge in [0.2, 0.25) is 11.8 Å². The number of ether oxygens (including phenoxy) is 1. The SMILES string of the molecule is CN(Cc1ccccc1N1CCOCC1)C(=O)C1(C)CNC(=O)C1. The Morgan fingerprint density at radius 2 is 2.04 bits per heavy atom. The van der Waals surface area contributed by atoms with E-state index in [1.807, 2.05) is 26.1 Å². The number of benzene rings is 1. The van der Waals surface area contributed by atoms with Crippen LogP contribution >= 0.6 is 0 Å². The summed E-state index contributed by atoms with van der Waals surface area (Å²) in [5.41, 5.74) is 1.64. The molecule has 2 fully saturated rings. The minimum Gasteiger partial charge on any atom is -0.378 e. The first-order valence-corrected chi connectivity index (χ1v) is 8.42. The van der Waals surface area contributed by atoms with Crippen molar-refractivity contribution in [3.63, 3.8) is 0 Å². The van der Waals surface area contributed by atoms with E-state index in [9.17, 15) is 9.59 Å². The average Bonchev–Trinajstić information content (AvgIpc) is 2.95. The number of rotatable bonds is 4. The Bertz CT molecular complexity index is 628. The minimum atomic E-state index is -0.639. The van der Waals surface area contributed by atoms with Crippen molar-refractivity contribution in [2.75, 3.05) is 44.8 Å². The third-order valence-corrected chi connectivity index (χ3v) is 4.84. The molecule has 1 atom stereocenters. The van der Waals surface area contributed by atoms with Gasteiger partial charge in [0.15, 0.2) is 0 Å². The molecule has 1 N–H and O–H groups in total. The van der Waals surface area contributed by atoms with Gasteiger partial charge in [0.25, 0.3) is 0 Å². The van der Waals surface area contributed by atoms with E-state index in [4.69, 9.17) is 4.74 Å². The lowest BCUT2D eigenvalue weighted by molar-refractivity contribution is -0.140. The highest BCUT2D eigenvalue weighted by Gasteiger charge is 2.42. The maximum atomic E-state index is 12.8. The first kappa shape index (κ1) is 16.8. The maximum absolute atomic E-state index is 12.8. The van der Waals surface area contributed by atoms with Crippen LogP contribution in [0.3, 0.4) is 0 Å². The summed E-state index contributed by atoms with van der Waals surface area (Å²) in [5.74, 6) is -0.0365. The Labute approximate surface area is 142 Å². The number of para-hydroxylation sites is 1. The molecule has 0 aromatic heterocycles. The van der Waals surface area contributed by atoms with Crippen LogP contribution in [0, 0.1) is 5.41 Å². The van der Waals surface area contributed by atoms with Gasteiger partial charge in [-0.3, -0.25) is 9.59 Å². The summed E-state index contributed by atoms with van der Waals surface area (Å²) in [6.45, 7) is 6.01. The highest BCUT2D eigenvalue weighted by atomic mass is 16.5. The average molecular weight is 331 g/mol. The van der Waals surface area contributed by atoms with Crippen LogP contribution in [0.25, 0.3) is 0 Å². The number of hydrogen-bond donors (Lipinski definition) is 1. The molecular formula is C18H25N3O3. The van der Waals surface area contributed by atoms with Gasteiger partial charge < -0.3 is 19.9 Å². The molecule has 0 radical (unpaired) electrons. The van der Waals surface area contributed by atoms with Crippen molar-refractivity contribution in [3.05, 3.63) is 29.8 Å².